The summed E-state index contributed by atoms with van der Waals surface area (Å²) >= 11 is 0. The highest BCUT2D eigenvalue weighted by Crippen LogP contribution is 2.44. The lowest BCUT2D eigenvalue weighted by atomic mass is 9.84. The van der Waals surface area contributed by atoms with E-state index in [0.29, 0.717) is 34.9 Å². The van der Waals surface area contributed by atoms with E-state index < -0.39 is 0 Å². The highest BCUT2D eigenvalue weighted by molar-refractivity contribution is 5.98. The van der Waals surface area contributed by atoms with Crippen LogP contribution in [0.4, 0.5) is 0 Å². The lowest BCUT2D eigenvalue weighted by molar-refractivity contribution is 1.07. The minimum Gasteiger partial charge on any atom is -0.261 e. The molecule has 0 unspecified atom stereocenters. The predicted octanol–water partition coefficient (Wildman–Crippen LogP) is 22.8. The van der Waals surface area contributed by atoms with Crippen molar-refractivity contribution in [2.24, 2.45) is 0 Å². The second kappa shape index (κ2) is 28.5. The first-order valence-corrected chi connectivity index (χ1v) is 33.2. The Hall–Kier alpha value is -13.0. The number of hydrogen-bond acceptors (Lipinski definition) is 8. The Morgan fingerprint density at radius 3 is 0.929 bits per heavy atom. The van der Waals surface area contributed by atoms with Crippen LogP contribution in [0.3, 0.4) is 0 Å². The fraction of sp³-hybridized carbons (Fsp3) is 0.0330. The molecule has 0 aliphatic carbocycles. The van der Waals surface area contributed by atoms with Crippen LogP contribution in [-0.2, 0) is 0 Å². The largest absolute Gasteiger partial charge is 0.261 e. The molecule has 0 atom stereocenters. The number of benzene rings is 12. The van der Waals surface area contributed by atoms with E-state index >= 15 is 0 Å². The van der Waals surface area contributed by atoms with Gasteiger partial charge in [0, 0.05) is 62.2 Å². The number of nitrogens with zero attached hydrogens (tertiary/aromatic N) is 8. The third kappa shape index (κ3) is 13.9. The molecular formula is C91H66N8. The highest BCUT2D eigenvalue weighted by Gasteiger charge is 2.20. The number of rotatable bonds is 14. The van der Waals surface area contributed by atoms with E-state index in [1.807, 2.05) is 98.9 Å². The van der Waals surface area contributed by atoms with Crippen LogP contribution in [0.1, 0.15) is 17.1 Å². The smallest absolute Gasteiger partial charge is 0.165 e. The Balaban J connectivity index is 0.000000167. The van der Waals surface area contributed by atoms with Crippen molar-refractivity contribution in [1.29, 1.82) is 0 Å². The number of aromatic nitrogens is 8. The molecular weight excluding hydrogens is 1210 g/mol. The first kappa shape index (κ1) is 62.1. The van der Waals surface area contributed by atoms with Gasteiger partial charge in [0.2, 0.25) is 0 Å². The second-order valence-electron chi connectivity index (χ2n) is 24.4. The van der Waals surface area contributed by atoms with Gasteiger partial charge >= 0.3 is 0 Å². The van der Waals surface area contributed by atoms with E-state index in [4.69, 9.17) is 29.9 Å². The molecule has 470 valence electrons. The molecule has 0 fully saturated rings. The van der Waals surface area contributed by atoms with Gasteiger partial charge in [0.05, 0.1) is 0 Å². The lowest BCUT2D eigenvalue weighted by Crippen LogP contribution is -2.00. The second-order valence-corrected chi connectivity index (χ2v) is 24.4. The van der Waals surface area contributed by atoms with E-state index in [1.165, 1.54) is 50.1 Å². The van der Waals surface area contributed by atoms with Crippen LogP contribution in [0, 0.1) is 20.8 Å². The zero-order valence-corrected chi connectivity index (χ0v) is 55.0. The van der Waals surface area contributed by atoms with E-state index in [2.05, 4.69) is 278 Å². The summed E-state index contributed by atoms with van der Waals surface area (Å²) in [4.78, 5) is 38.9. The van der Waals surface area contributed by atoms with Gasteiger partial charge < -0.3 is 0 Å². The topological polar surface area (TPSA) is 103 Å². The van der Waals surface area contributed by atoms with Crippen molar-refractivity contribution >= 4 is 0 Å². The molecule has 4 aromatic heterocycles. The van der Waals surface area contributed by atoms with Crippen LogP contribution in [0.2, 0.25) is 0 Å². The van der Waals surface area contributed by atoms with Gasteiger partial charge in [-0.1, -0.05) is 297 Å². The summed E-state index contributed by atoms with van der Waals surface area (Å²) in [6.45, 7) is 6.04. The third-order valence-electron chi connectivity index (χ3n) is 17.7. The summed E-state index contributed by atoms with van der Waals surface area (Å²) < 4.78 is 0. The molecule has 8 heteroatoms. The Morgan fingerprint density at radius 2 is 0.475 bits per heavy atom. The third-order valence-corrected chi connectivity index (χ3v) is 17.7. The standard InChI is InChI=1S/C52H38N4.C39H28N4/c1-35-26-31-46(36(2)53-35)39-27-29-42(30-28-39)51-54-50(41-22-13-6-14-23-41)55-52(56-51)44-25-15-24-43(32-44)45-33-47(37-16-7-3-8-17-37)49(40-20-11-5-12-21-40)48(34-45)38-18-9-4-10-19-38;1-27-17-18-34(26-40-27)39-42-37(31-15-9-4-10-16-31)41-38(43-39)32-21-19-30(20-22-32)35-24-23-33(28-11-5-2-6-12-28)25-36(35)29-13-7-3-8-14-29/h3-34H,1-2H3;2-26H,1H3. The summed E-state index contributed by atoms with van der Waals surface area (Å²) in [5, 5.41) is 0. The van der Waals surface area contributed by atoms with E-state index in [0.717, 1.165) is 89.4 Å². The molecule has 12 aromatic carbocycles. The van der Waals surface area contributed by atoms with E-state index in [-0.39, 0.29) is 0 Å². The molecule has 16 rings (SSSR count). The predicted molar refractivity (Wildman–Crippen MR) is 406 cm³/mol. The zero-order chi connectivity index (χ0) is 66.9. The Labute approximate surface area is 577 Å². The zero-order valence-electron chi connectivity index (χ0n) is 55.0. The minimum atomic E-state index is 0.600. The van der Waals surface area contributed by atoms with Gasteiger partial charge in [-0.3, -0.25) is 9.97 Å². The van der Waals surface area contributed by atoms with Crippen molar-refractivity contribution < 1.29 is 0 Å². The maximum Gasteiger partial charge on any atom is 0.165 e. The molecule has 4 heterocycles. The SMILES string of the molecule is Cc1ccc(-c2ccc(-c3nc(-c4ccccc4)nc(-c4cccc(-c5cc(-c6ccccc6)c(-c6ccccc6)c(-c6ccccc6)c5)c4)n3)cc2)c(C)n1.Cc1ccc(-c2nc(-c3ccccc3)nc(-c3ccc(-c4ccc(-c5ccccc5)cc4-c4ccccc4)cc3)n2)cn1. The van der Waals surface area contributed by atoms with Crippen LogP contribution in [0.5, 0.6) is 0 Å². The van der Waals surface area contributed by atoms with Gasteiger partial charge in [-0.05, 0) is 147 Å². The summed E-state index contributed by atoms with van der Waals surface area (Å²) in [5.74, 6) is 3.72. The molecule has 0 aliphatic rings. The molecule has 0 spiro atoms. The van der Waals surface area contributed by atoms with Crippen LogP contribution < -0.4 is 0 Å². The normalized spacial score (nSPS) is 11.0. The molecule has 8 nitrogen and oxygen atoms in total. The first-order chi connectivity index (χ1) is 48.8. The highest BCUT2D eigenvalue weighted by atomic mass is 15.0. The molecule has 0 saturated carbocycles. The maximum absolute atomic E-state index is 5.12. The van der Waals surface area contributed by atoms with Crippen molar-refractivity contribution in [1.82, 2.24) is 39.9 Å². The summed E-state index contributed by atoms with van der Waals surface area (Å²) in [6.07, 6.45) is 1.82. The molecule has 0 aliphatic heterocycles. The Morgan fingerprint density at radius 1 is 0.172 bits per heavy atom. The van der Waals surface area contributed by atoms with Gasteiger partial charge in [-0.2, -0.15) is 0 Å². The van der Waals surface area contributed by atoms with Gasteiger partial charge in [-0.15, -0.1) is 0 Å². The van der Waals surface area contributed by atoms with Crippen LogP contribution in [-0.4, -0.2) is 39.9 Å². The van der Waals surface area contributed by atoms with E-state index in [9.17, 15) is 0 Å². The summed E-state index contributed by atoms with van der Waals surface area (Å²) in [7, 11) is 0. The Bertz CT molecular complexity index is 5390. The van der Waals surface area contributed by atoms with Gasteiger partial charge in [0.1, 0.15) is 0 Å². The monoisotopic (exact) mass is 1270 g/mol. The van der Waals surface area contributed by atoms with Crippen LogP contribution in [0.15, 0.2) is 346 Å². The first-order valence-electron chi connectivity index (χ1n) is 33.2. The van der Waals surface area contributed by atoms with Crippen LogP contribution >= 0.6 is 0 Å². The van der Waals surface area contributed by atoms with Crippen molar-refractivity contribution in [2.45, 2.75) is 20.8 Å². The average Bonchev–Trinajstić information content (AvgIpc) is 0.781. The fourth-order valence-electron chi connectivity index (χ4n) is 12.6. The quantitative estimate of drug-likeness (QED) is 0.106. The van der Waals surface area contributed by atoms with Crippen molar-refractivity contribution in [3.63, 3.8) is 0 Å². The minimum absolute atomic E-state index is 0.600. The van der Waals surface area contributed by atoms with Crippen LogP contribution in [0.25, 0.3) is 157 Å². The number of pyridine rings is 2. The molecule has 0 N–H and O–H groups in total. The Kier molecular flexibility index (Phi) is 17.9. The van der Waals surface area contributed by atoms with Crippen molar-refractivity contribution in [2.75, 3.05) is 0 Å². The molecule has 99 heavy (non-hydrogen) atoms. The molecule has 0 amide bonds. The summed E-state index contributed by atoms with van der Waals surface area (Å²) in [6, 6.07) is 118. The lowest BCUT2D eigenvalue weighted by Gasteiger charge is -2.19. The van der Waals surface area contributed by atoms with Gasteiger partial charge in [-0.25, -0.2) is 29.9 Å². The molecule has 16 aromatic rings. The number of aryl methyl sites for hydroxylation is 3. The van der Waals surface area contributed by atoms with Crippen molar-refractivity contribution in [3.8, 4) is 157 Å². The van der Waals surface area contributed by atoms with E-state index in [1.54, 1.807) is 0 Å². The number of hydrogen-bond donors (Lipinski definition) is 0. The van der Waals surface area contributed by atoms with Gasteiger partial charge in [0.15, 0.2) is 34.9 Å². The van der Waals surface area contributed by atoms with Crippen molar-refractivity contribution in [3.05, 3.63) is 363 Å². The molecule has 0 bridgehead atoms. The summed E-state index contributed by atoms with van der Waals surface area (Å²) in [5.41, 5.74) is 27.0. The molecule has 0 radical (unpaired) electrons. The molecule has 0 saturated heterocycles. The fourth-order valence-corrected chi connectivity index (χ4v) is 12.6. The van der Waals surface area contributed by atoms with Gasteiger partial charge in [0.25, 0.3) is 0 Å². The maximum atomic E-state index is 5.12. The average molecular weight is 1270 g/mol.